The molecule has 0 amide bonds. The fourth-order valence-corrected chi connectivity index (χ4v) is 2.61. The van der Waals surface area contributed by atoms with E-state index in [9.17, 15) is 4.79 Å². The average Bonchev–Trinajstić information content (AvgIpc) is 2.56. The van der Waals surface area contributed by atoms with Crippen molar-refractivity contribution in [3.8, 4) is 0 Å². The third-order valence-corrected chi connectivity index (χ3v) is 4.31. The van der Waals surface area contributed by atoms with Crippen molar-refractivity contribution in [3.05, 3.63) is 35.4 Å². The van der Waals surface area contributed by atoms with Gasteiger partial charge in [-0.3, -0.25) is 4.79 Å². The van der Waals surface area contributed by atoms with Crippen molar-refractivity contribution in [1.82, 2.24) is 0 Å². The van der Waals surface area contributed by atoms with Crippen LogP contribution in [-0.2, 0) is 30.2 Å². The van der Waals surface area contributed by atoms with E-state index in [-0.39, 0.29) is 5.97 Å². The summed E-state index contributed by atoms with van der Waals surface area (Å²) in [7, 11) is 4.62. The number of halogens is 1. The first-order chi connectivity index (χ1) is 10.4. The van der Waals surface area contributed by atoms with Crippen LogP contribution in [0.15, 0.2) is 24.3 Å². The molecule has 22 heavy (non-hydrogen) atoms. The monoisotopic (exact) mass is 328 g/mol. The van der Waals surface area contributed by atoms with Crippen molar-refractivity contribution in [3.63, 3.8) is 0 Å². The van der Waals surface area contributed by atoms with Gasteiger partial charge < -0.3 is 14.2 Å². The third-order valence-electron chi connectivity index (χ3n) is 4.04. The first-order valence-corrected chi connectivity index (χ1v) is 7.77. The van der Waals surface area contributed by atoms with Gasteiger partial charge in [-0.25, -0.2) is 0 Å². The van der Waals surface area contributed by atoms with E-state index >= 15 is 0 Å². The highest BCUT2D eigenvalue weighted by atomic mass is 35.5. The third kappa shape index (κ3) is 3.80. The molecule has 0 saturated heterocycles. The molecule has 4 nitrogen and oxygen atoms in total. The Balaban J connectivity index is 3.11. The Morgan fingerprint density at radius 2 is 1.55 bits per heavy atom. The summed E-state index contributed by atoms with van der Waals surface area (Å²) in [5.41, 5.74) is 1.07. The number of benzene rings is 1. The topological polar surface area (TPSA) is 44.8 Å². The summed E-state index contributed by atoms with van der Waals surface area (Å²) in [4.78, 5) is 11.9. The normalized spacial score (nSPS) is 12.3. The predicted octanol–water partition coefficient (Wildman–Crippen LogP) is 3.60. The van der Waals surface area contributed by atoms with Crippen molar-refractivity contribution in [2.24, 2.45) is 0 Å². The molecular formula is C17H25ClO4. The number of methoxy groups -OCH3 is 3. The summed E-state index contributed by atoms with van der Waals surface area (Å²) in [6.07, 6.45) is 1.43. The van der Waals surface area contributed by atoms with E-state index in [1.807, 2.05) is 38.1 Å². The van der Waals surface area contributed by atoms with Crippen LogP contribution in [0.2, 0.25) is 0 Å². The molecule has 0 aliphatic carbocycles. The van der Waals surface area contributed by atoms with Gasteiger partial charge in [-0.15, -0.1) is 11.6 Å². The highest BCUT2D eigenvalue weighted by Gasteiger charge is 2.34. The van der Waals surface area contributed by atoms with Gasteiger partial charge in [-0.05, 0) is 25.8 Å². The maximum absolute atomic E-state index is 11.9. The number of alkyl halides is 1. The number of carbonyl (C=O) groups is 1. The Hall–Kier alpha value is -1.10. The van der Waals surface area contributed by atoms with E-state index in [1.165, 1.54) is 7.11 Å². The van der Waals surface area contributed by atoms with Crippen LogP contribution in [0.5, 0.6) is 0 Å². The SMILES string of the molecule is COC(=O)C(C)(C)c1ccc(C(CCCCl)(OC)OC)cc1. The standard InChI is InChI=1S/C17H25ClO4/c1-16(2,15(19)20-3)13-7-9-14(10-8-13)17(21-4,22-5)11-6-12-18/h7-10H,6,11-12H2,1-5H3. The Kier molecular flexibility index (Phi) is 6.85. The zero-order valence-corrected chi connectivity index (χ0v) is 14.7. The largest absolute Gasteiger partial charge is 0.468 e. The molecule has 1 aromatic rings. The van der Waals surface area contributed by atoms with Crippen LogP contribution in [0.1, 0.15) is 37.8 Å². The molecule has 0 aliphatic heterocycles. The summed E-state index contributed by atoms with van der Waals surface area (Å²) in [6, 6.07) is 7.64. The Labute approximate surface area is 137 Å². The van der Waals surface area contributed by atoms with Crippen molar-refractivity contribution in [2.75, 3.05) is 27.2 Å². The Morgan fingerprint density at radius 3 is 1.95 bits per heavy atom. The summed E-state index contributed by atoms with van der Waals surface area (Å²) in [5, 5.41) is 0. The molecule has 0 spiro atoms. The molecule has 0 radical (unpaired) electrons. The number of hydrogen-bond acceptors (Lipinski definition) is 4. The van der Waals surface area contributed by atoms with E-state index in [2.05, 4.69) is 0 Å². The minimum atomic E-state index is -0.817. The van der Waals surface area contributed by atoms with Crippen molar-refractivity contribution >= 4 is 17.6 Å². The lowest BCUT2D eigenvalue weighted by molar-refractivity contribution is -0.220. The number of hydrogen-bond donors (Lipinski definition) is 0. The molecule has 5 heteroatoms. The first kappa shape index (κ1) is 18.9. The van der Waals surface area contributed by atoms with Gasteiger partial charge >= 0.3 is 5.97 Å². The molecule has 0 aliphatic rings. The summed E-state index contributed by atoms with van der Waals surface area (Å²) in [6.45, 7) is 3.67. The summed E-state index contributed by atoms with van der Waals surface area (Å²) in [5.74, 6) is -0.544. The maximum atomic E-state index is 11.9. The summed E-state index contributed by atoms with van der Waals surface area (Å²) >= 11 is 5.78. The van der Waals surface area contributed by atoms with Crippen molar-refractivity contribution < 1.29 is 19.0 Å². The van der Waals surface area contributed by atoms with Crippen LogP contribution in [0, 0.1) is 0 Å². The molecule has 0 saturated carbocycles. The highest BCUT2D eigenvalue weighted by molar-refractivity contribution is 6.17. The van der Waals surface area contributed by atoms with Crippen LogP contribution in [0.25, 0.3) is 0 Å². The van der Waals surface area contributed by atoms with Crippen LogP contribution >= 0.6 is 11.6 Å². The quantitative estimate of drug-likeness (QED) is 0.415. The van der Waals surface area contributed by atoms with Gasteiger partial charge in [0.2, 0.25) is 0 Å². The minimum absolute atomic E-state index is 0.271. The second-order valence-electron chi connectivity index (χ2n) is 5.65. The van der Waals surface area contributed by atoms with Gasteiger partial charge in [0.25, 0.3) is 0 Å². The lowest BCUT2D eigenvalue weighted by atomic mass is 9.83. The van der Waals surface area contributed by atoms with E-state index < -0.39 is 11.2 Å². The molecule has 1 aromatic carbocycles. The Bertz CT molecular complexity index is 478. The van der Waals surface area contributed by atoms with Crippen LogP contribution < -0.4 is 0 Å². The molecule has 0 bridgehead atoms. The molecule has 1 rings (SSSR count). The van der Waals surface area contributed by atoms with Crippen LogP contribution in [0.3, 0.4) is 0 Å². The summed E-state index contributed by atoms with van der Waals surface area (Å²) < 4.78 is 16.1. The van der Waals surface area contributed by atoms with Crippen LogP contribution in [-0.4, -0.2) is 33.2 Å². The number of esters is 1. The van der Waals surface area contributed by atoms with Gasteiger partial charge in [-0.2, -0.15) is 0 Å². The van der Waals surface area contributed by atoms with Crippen LogP contribution in [0.4, 0.5) is 0 Å². The molecule has 0 N–H and O–H groups in total. The molecule has 124 valence electrons. The first-order valence-electron chi connectivity index (χ1n) is 7.23. The van der Waals surface area contributed by atoms with E-state index in [0.29, 0.717) is 12.3 Å². The maximum Gasteiger partial charge on any atom is 0.315 e. The second kappa shape index (κ2) is 7.95. The lowest BCUT2D eigenvalue weighted by Gasteiger charge is -2.32. The van der Waals surface area contributed by atoms with Crippen molar-refractivity contribution in [1.29, 1.82) is 0 Å². The smallest absolute Gasteiger partial charge is 0.315 e. The zero-order chi connectivity index (χ0) is 16.8. The molecule has 0 heterocycles. The second-order valence-corrected chi connectivity index (χ2v) is 6.03. The number of ether oxygens (including phenoxy) is 3. The fourth-order valence-electron chi connectivity index (χ4n) is 2.48. The van der Waals surface area contributed by atoms with Gasteiger partial charge in [-0.1, -0.05) is 24.3 Å². The lowest BCUT2D eigenvalue weighted by Crippen LogP contribution is -2.32. The average molecular weight is 329 g/mol. The molecule has 0 aromatic heterocycles. The van der Waals surface area contributed by atoms with Crippen molar-refractivity contribution in [2.45, 2.75) is 37.9 Å². The zero-order valence-electron chi connectivity index (χ0n) is 13.9. The molecular weight excluding hydrogens is 304 g/mol. The number of rotatable bonds is 8. The van der Waals surface area contributed by atoms with E-state index in [1.54, 1.807) is 14.2 Å². The van der Waals surface area contributed by atoms with Gasteiger partial charge in [0.1, 0.15) is 0 Å². The van der Waals surface area contributed by atoms with E-state index in [4.69, 9.17) is 25.8 Å². The molecule has 0 fully saturated rings. The molecule has 0 unspecified atom stereocenters. The predicted molar refractivity (Wildman–Crippen MR) is 87.1 cm³/mol. The minimum Gasteiger partial charge on any atom is -0.468 e. The van der Waals surface area contributed by atoms with E-state index in [0.717, 1.165) is 17.5 Å². The Morgan fingerprint density at radius 1 is 1.05 bits per heavy atom. The molecule has 0 atom stereocenters. The van der Waals surface area contributed by atoms with Gasteiger partial charge in [0.15, 0.2) is 5.79 Å². The highest BCUT2D eigenvalue weighted by Crippen LogP contribution is 2.33. The number of carbonyl (C=O) groups excluding carboxylic acids is 1. The van der Waals surface area contributed by atoms with Gasteiger partial charge in [0, 0.05) is 32.1 Å². The van der Waals surface area contributed by atoms with Gasteiger partial charge in [0.05, 0.1) is 12.5 Å². The fraction of sp³-hybridized carbons (Fsp3) is 0.588.